The zero-order valence-electron chi connectivity index (χ0n) is 13.0. The van der Waals surface area contributed by atoms with E-state index in [1.165, 1.54) is 6.07 Å². The van der Waals surface area contributed by atoms with Gasteiger partial charge in [0, 0.05) is 18.7 Å². The van der Waals surface area contributed by atoms with E-state index >= 15 is 0 Å². The minimum atomic E-state index is -4.52. The summed E-state index contributed by atoms with van der Waals surface area (Å²) in [4.78, 5) is 9.58. The highest BCUT2D eigenvalue weighted by Crippen LogP contribution is 2.30. The number of nitro groups is 1. The van der Waals surface area contributed by atoms with Crippen LogP contribution in [-0.4, -0.2) is 25.0 Å². The Kier molecular flexibility index (Phi) is 5.64. The molecule has 2 rings (SSSR count). The van der Waals surface area contributed by atoms with Crippen molar-refractivity contribution in [2.24, 2.45) is 0 Å². The van der Waals surface area contributed by atoms with Crippen LogP contribution in [0.15, 0.2) is 53.4 Å². The summed E-state index contributed by atoms with van der Waals surface area (Å²) >= 11 is 0. The second kappa shape index (κ2) is 7.40. The highest BCUT2D eigenvalue weighted by Gasteiger charge is 2.30. The van der Waals surface area contributed by atoms with Gasteiger partial charge in [-0.2, -0.15) is 13.2 Å². The van der Waals surface area contributed by atoms with E-state index in [-0.39, 0.29) is 10.5 Å². The van der Waals surface area contributed by atoms with Crippen LogP contribution in [0.25, 0.3) is 0 Å². The number of non-ortho nitro benzene ring substituents is 1. The van der Waals surface area contributed by atoms with Gasteiger partial charge < -0.3 is 5.11 Å². The van der Waals surface area contributed by atoms with E-state index in [1.807, 2.05) is 0 Å². The minimum absolute atomic E-state index is 0.0831. The van der Waals surface area contributed by atoms with E-state index in [1.54, 1.807) is 0 Å². The summed E-state index contributed by atoms with van der Waals surface area (Å²) in [6, 6.07) is 7.92. The number of hydrogen-bond acceptors (Lipinski definition) is 5. The normalized spacial score (nSPS) is 13.4. The van der Waals surface area contributed by atoms with E-state index in [0.29, 0.717) is 0 Å². The van der Waals surface area contributed by atoms with Crippen molar-refractivity contribution in [3.63, 3.8) is 0 Å². The second-order valence-corrected chi connectivity index (χ2v) is 7.01. The third-order valence-corrected chi connectivity index (χ3v) is 4.85. The maximum Gasteiger partial charge on any atom is 0.416 e. The molecule has 0 aliphatic rings. The highest BCUT2D eigenvalue weighted by molar-refractivity contribution is 7.89. The molecule has 2 aromatic carbocycles. The summed E-state index contributed by atoms with van der Waals surface area (Å²) in [5.41, 5.74) is -1.23. The van der Waals surface area contributed by atoms with E-state index < -0.39 is 45.0 Å². The number of benzene rings is 2. The third-order valence-electron chi connectivity index (χ3n) is 3.43. The molecule has 2 N–H and O–H groups in total. The number of nitrogens with zero attached hydrogens (tertiary/aromatic N) is 1. The number of halogens is 3. The number of aliphatic hydroxyl groups is 1. The number of nitro benzene ring substituents is 1. The molecule has 0 spiro atoms. The average molecular weight is 390 g/mol. The molecule has 1 unspecified atom stereocenters. The lowest BCUT2D eigenvalue weighted by molar-refractivity contribution is -0.385. The molecule has 7 nitrogen and oxygen atoms in total. The molecular weight excluding hydrogens is 377 g/mol. The van der Waals surface area contributed by atoms with Crippen LogP contribution in [0.1, 0.15) is 17.2 Å². The van der Waals surface area contributed by atoms with E-state index in [0.717, 1.165) is 42.5 Å². The number of alkyl halides is 3. The molecule has 0 fully saturated rings. The summed E-state index contributed by atoms with van der Waals surface area (Å²) in [6.07, 6.45) is -5.92. The van der Waals surface area contributed by atoms with Crippen molar-refractivity contribution in [1.29, 1.82) is 0 Å². The van der Waals surface area contributed by atoms with Crippen LogP contribution >= 0.6 is 0 Å². The Bertz CT molecular complexity index is 898. The predicted octanol–water partition coefficient (Wildman–Crippen LogP) is 2.63. The van der Waals surface area contributed by atoms with Gasteiger partial charge >= 0.3 is 6.18 Å². The van der Waals surface area contributed by atoms with E-state index in [4.69, 9.17) is 0 Å². The molecule has 26 heavy (non-hydrogen) atoms. The summed E-state index contributed by atoms with van der Waals surface area (Å²) in [6.45, 7) is -0.517. The number of rotatable bonds is 6. The highest BCUT2D eigenvalue weighted by atomic mass is 32.2. The van der Waals surface area contributed by atoms with Gasteiger partial charge in [-0.3, -0.25) is 10.1 Å². The monoisotopic (exact) mass is 390 g/mol. The Hall–Kier alpha value is -2.50. The molecule has 2 aromatic rings. The summed E-state index contributed by atoms with van der Waals surface area (Å²) in [7, 11) is -4.15. The van der Waals surface area contributed by atoms with Gasteiger partial charge in [0.25, 0.3) is 5.69 Å². The Morgan fingerprint density at radius 2 is 1.77 bits per heavy atom. The first-order valence-electron chi connectivity index (χ1n) is 7.10. The van der Waals surface area contributed by atoms with Gasteiger partial charge in [0.05, 0.1) is 21.5 Å². The van der Waals surface area contributed by atoms with Crippen LogP contribution in [0.4, 0.5) is 18.9 Å². The minimum Gasteiger partial charge on any atom is -0.387 e. The lowest BCUT2D eigenvalue weighted by atomic mass is 10.1. The molecule has 0 amide bonds. The molecule has 11 heteroatoms. The van der Waals surface area contributed by atoms with E-state index in [9.17, 15) is 36.8 Å². The first-order valence-corrected chi connectivity index (χ1v) is 8.58. The van der Waals surface area contributed by atoms with Gasteiger partial charge in [-0.1, -0.05) is 18.2 Å². The van der Waals surface area contributed by atoms with Crippen molar-refractivity contribution in [2.75, 3.05) is 6.54 Å². The van der Waals surface area contributed by atoms with Gasteiger partial charge in [0.1, 0.15) is 0 Å². The van der Waals surface area contributed by atoms with Crippen molar-refractivity contribution in [1.82, 2.24) is 4.72 Å². The van der Waals surface area contributed by atoms with Crippen molar-refractivity contribution >= 4 is 15.7 Å². The zero-order chi connectivity index (χ0) is 19.5. The lowest BCUT2D eigenvalue weighted by Crippen LogP contribution is -2.28. The fourth-order valence-corrected chi connectivity index (χ4v) is 3.13. The Morgan fingerprint density at radius 1 is 1.15 bits per heavy atom. The zero-order valence-corrected chi connectivity index (χ0v) is 13.8. The fourth-order valence-electron chi connectivity index (χ4n) is 2.05. The van der Waals surface area contributed by atoms with Crippen LogP contribution < -0.4 is 4.72 Å². The summed E-state index contributed by atoms with van der Waals surface area (Å²) in [5, 5.41) is 20.7. The maximum atomic E-state index is 12.5. The predicted molar refractivity (Wildman–Crippen MR) is 84.7 cm³/mol. The van der Waals surface area contributed by atoms with Crippen LogP contribution in [0.2, 0.25) is 0 Å². The quantitative estimate of drug-likeness (QED) is 0.582. The largest absolute Gasteiger partial charge is 0.416 e. The third kappa shape index (κ3) is 4.77. The fraction of sp³-hybridized carbons (Fsp3) is 0.200. The molecule has 140 valence electrons. The first-order chi connectivity index (χ1) is 12.0. The average Bonchev–Trinajstić information content (AvgIpc) is 2.59. The standard InChI is InChI=1S/C15H13F3N2O5S/c16-15(17,18)11-6-4-10(5-7-11)14(21)9-19-26(24,25)13-3-1-2-12(8-13)20(22)23/h1-8,14,19,21H,9H2. The van der Waals surface area contributed by atoms with Crippen molar-refractivity contribution in [3.05, 3.63) is 69.8 Å². The maximum absolute atomic E-state index is 12.5. The van der Waals surface area contributed by atoms with Gasteiger partial charge in [-0.25, -0.2) is 13.1 Å². The van der Waals surface area contributed by atoms with Gasteiger partial charge in [0.15, 0.2) is 0 Å². The lowest BCUT2D eigenvalue weighted by Gasteiger charge is -2.14. The molecule has 0 saturated heterocycles. The van der Waals surface area contributed by atoms with Crippen molar-refractivity contribution < 1.29 is 31.6 Å². The first kappa shape index (κ1) is 19.8. The molecule has 1 atom stereocenters. The molecule has 0 aromatic heterocycles. The topological polar surface area (TPSA) is 110 Å². The number of aliphatic hydroxyl groups excluding tert-OH is 1. The van der Waals surface area contributed by atoms with Crippen molar-refractivity contribution in [3.8, 4) is 0 Å². The van der Waals surface area contributed by atoms with Crippen LogP contribution in [0.3, 0.4) is 0 Å². The van der Waals surface area contributed by atoms with Gasteiger partial charge in [-0.05, 0) is 23.8 Å². The van der Waals surface area contributed by atoms with Crippen LogP contribution in [0.5, 0.6) is 0 Å². The molecule has 0 radical (unpaired) electrons. The second-order valence-electron chi connectivity index (χ2n) is 5.24. The SMILES string of the molecule is O=[N+]([O-])c1cccc(S(=O)(=O)NCC(O)c2ccc(C(F)(F)F)cc2)c1. The molecule has 0 aliphatic heterocycles. The number of hydrogen-bond donors (Lipinski definition) is 2. The molecule has 0 bridgehead atoms. The summed E-state index contributed by atoms with van der Waals surface area (Å²) in [5.74, 6) is 0. The van der Waals surface area contributed by atoms with E-state index in [2.05, 4.69) is 4.72 Å². The smallest absolute Gasteiger partial charge is 0.387 e. The van der Waals surface area contributed by atoms with Gasteiger partial charge in [0.2, 0.25) is 10.0 Å². The molecule has 0 heterocycles. The summed E-state index contributed by atoms with van der Waals surface area (Å²) < 4.78 is 63.8. The Morgan fingerprint density at radius 3 is 2.31 bits per heavy atom. The molecule has 0 aliphatic carbocycles. The molecular formula is C15H13F3N2O5S. The van der Waals surface area contributed by atoms with Gasteiger partial charge in [-0.15, -0.1) is 0 Å². The number of nitrogens with one attached hydrogen (secondary N) is 1. The Labute approximate surface area is 146 Å². The molecule has 0 saturated carbocycles. The number of sulfonamides is 1. The Balaban J connectivity index is 2.09. The van der Waals surface area contributed by atoms with Crippen LogP contribution in [-0.2, 0) is 16.2 Å². The van der Waals surface area contributed by atoms with Crippen LogP contribution in [0, 0.1) is 10.1 Å². The van der Waals surface area contributed by atoms with Crippen molar-refractivity contribution in [2.45, 2.75) is 17.2 Å².